The van der Waals surface area contributed by atoms with E-state index >= 15 is 0 Å². The van der Waals surface area contributed by atoms with Gasteiger partial charge in [-0.25, -0.2) is 0 Å². The third-order valence-electron chi connectivity index (χ3n) is 3.48. The number of ether oxygens (including phenoxy) is 2. The summed E-state index contributed by atoms with van der Waals surface area (Å²) in [5, 5.41) is 0. The Hall–Kier alpha value is 0.247. The van der Waals surface area contributed by atoms with Gasteiger partial charge in [0.2, 0.25) is 7.37 Å². The molecule has 2 fully saturated rings. The molecular weight excluding hydrogens is 307 g/mol. The van der Waals surface area contributed by atoms with Crippen molar-refractivity contribution in [1.82, 2.24) is 9.80 Å². The molecule has 0 saturated carbocycles. The number of nitrogens with zero attached hydrogens (tertiary/aromatic N) is 2. The van der Waals surface area contributed by atoms with E-state index in [0.29, 0.717) is 12.6 Å². The molecule has 0 aliphatic carbocycles. The highest BCUT2D eigenvalue weighted by atomic mass is 31.2. The molecule has 6 nitrogen and oxygen atoms in total. The molecule has 2 aliphatic rings. The summed E-state index contributed by atoms with van der Waals surface area (Å²) in [7, 11) is -4.52. The van der Waals surface area contributed by atoms with Crippen molar-refractivity contribution in [3.63, 3.8) is 0 Å². The van der Waals surface area contributed by atoms with Crippen molar-refractivity contribution in [3.05, 3.63) is 0 Å². The lowest BCUT2D eigenvalue weighted by Crippen LogP contribution is -2.42. The molecule has 0 amide bonds. The van der Waals surface area contributed by atoms with Crippen LogP contribution < -0.4 is 0 Å². The molecule has 2 aliphatic heterocycles. The molecule has 124 valence electrons. The van der Waals surface area contributed by atoms with Crippen LogP contribution in [0.1, 0.15) is 0 Å². The minimum atomic E-state index is -2.68. The third kappa shape index (κ3) is 6.48. The van der Waals surface area contributed by atoms with Crippen LogP contribution in [0.5, 0.6) is 0 Å². The van der Waals surface area contributed by atoms with Crippen LogP contribution in [0.15, 0.2) is 0 Å². The Bertz CT molecular complexity index is 342. The van der Waals surface area contributed by atoms with Crippen molar-refractivity contribution in [1.29, 1.82) is 0 Å². The molecule has 21 heavy (non-hydrogen) atoms. The van der Waals surface area contributed by atoms with E-state index in [1.807, 2.05) is 0 Å². The van der Waals surface area contributed by atoms with Gasteiger partial charge in [-0.1, -0.05) is 0 Å². The van der Waals surface area contributed by atoms with Crippen LogP contribution in [0.25, 0.3) is 0 Å². The Morgan fingerprint density at radius 2 is 1.29 bits per heavy atom. The van der Waals surface area contributed by atoms with Crippen molar-refractivity contribution < 1.29 is 18.3 Å². The first-order valence-corrected chi connectivity index (χ1v) is 13.2. The Kier molecular flexibility index (Phi) is 6.44. The topological polar surface area (TPSA) is 51.2 Å². The molecule has 0 aromatic rings. The highest BCUT2D eigenvalue weighted by molar-refractivity contribution is 7.60. The minimum Gasteiger partial charge on any atom is -0.379 e. The molecule has 2 saturated heterocycles. The van der Waals surface area contributed by atoms with E-state index in [-0.39, 0.29) is 0 Å². The van der Waals surface area contributed by atoms with Gasteiger partial charge >= 0.3 is 0 Å². The summed E-state index contributed by atoms with van der Waals surface area (Å²) in [5.74, 6) is 0. The summed E-state index contributed by atoms with van der Waals surface area (Å²) in [4.78, 5) is 4.45. The summed E-state index contributed by atoms with van der Waals surface area (Å²) in [5.41, 5.74) is 0. The molecule has 0 unspecified atom stereocenters. The average molecular weight is 336 g/mol. The normalized spacial score (nSPS) is 23.4. The standard InChI is InChI=1S/C13H29N2O4PSi/c1-21(2,3)19-20(16,12-14-4-8-17-9-5-14)13-15-6-10-18-11-7-15/h4-13H2,1-3H3. The van der Waals surface area contributed by atoms with E-state index in [1.165, 1.54) is 0 Å². The van der Waals surface area contributed by atoms with Gasteiger partial charge in [-0.05, 0) is 19.6 Å². The predicted octanol–water partition coefficient (Wildman–Crippen LogP) is 1.70. The lowest BCUT2D eigenvalue weighted by atomic mass is 10.5. The van der Waals surface area contributed by atoms with Crippen LogP contribution in [0.3, 0.4) is 0 Å². The maximum atomic E-state index is 13.4. The Labute approximate surface area is 129 Å². The van der Waals surface area contributed by atoms with Crippen LogP contribution in [0, 0.1) is 0 Å². The second-order valence-corrected chi connectivity index (χ2v) is 13.9. The fraction of sp³-hybridized carbons (Fsp3) is 1.00. The largest absolute Gasteiger partial charge is 0.379 e. The predicted molar refractivity (Wildman–Crippen MR) is 86.6 cm³/mol. The van der Waals surface area contributed by atoms with Crippen molar-refractivity contribution in [2.45, 2.75) is 19.6 Å². The first-order chi connectivity index (χ1) is 9.86. The molecule has 0 atom stereocenters. The van der Waals surface area contributed by atoms with Gasteiger partial charge in [-0.3, -0.25) is 14.4 Å². The van der Waals surface area contributed by atoms with Crippen LogP contribution in [0.4, 0.5) is 0 Å². The summed E-state index contributed by atoms with van der Waals surface area (Å²) in [6, 6.07) is 0. The lowest BCUT2D eigenvalue weighted by Gasteiger charge is -2.36. The van der Waals surface area contributed by atoms with E-state index in [2.05, 4.69) is 29.4 Å². The number of hydrogen-bond acceptors (Lipinski definition) is 6. The Morgan fingerprint density at radius 3 is 1.62 bits per heavy atom. The molecule has 8 heteroatoms. The van der Waals surface area contributed by atoms with Gasteiger partial charge in [0.1, 0.15) is 0 Å². The monoisotopic (exact) mass is 336 g/mol. The van der Waals surface area contributed by atoms with Gasteiger partial charge in [0, 0.05) is 26.2 Å². The van der Waals surface area contributed by atoms with Gasteiger partial charge in [-0.15, -0.1) is 0 Å². The zero-order valence-corrected chi connectivity index (χ0v) is 15.4. The Balaban J connectivity index is 1.99. The molecule has 2 rings (SSSR count). The van der Waals surface area contributed by atoms with Crippen LogP contribution in [-0.2, 0) is 18.3 Å². The second-order valence-electron chi connectivity index (χ2n) is 6.76. The molecule has 0 bridgehead atoms. The maximum Gasteiger partial charge on any atom is 0.220 e. The highest BCUT2D eigenvalue weighted by Gasteiger charge is 2.35. The van der Waals surface area contributed by atoms with Gasteiger partial charge in [0.25, 0.3) is 0 Å². The average Bonchev–Trinajstić information content (AvgIpc) is 2.38. The van der Waals surface area contributed by atoms with E-state index in [4.69, 9.17) is 13.7 Å². The summed E-state index contributed by atoms with van der Waals surface area (Å²) in [6.45, 7) is 12.6. The molecular formula is C13H29N2O4PSi. The number of morpholine rings is 2. The smallest absolute Gasteiger partial charge is 0.220 e. The van der Waals surface area contributed by atoms with Crippen LogP contribution in [0.2, 0.25) is 19.6 Å². The van der Waals surface area contributed by atoms with Gasteiger partial charge in [-0.2, -0.15) is 0 Å². The quantitative estimate of drug-likeness (QED) is 0.543. The zero-order chi connectivity index (χ0) is 15.3. The maximum absolute atomic E-state index is 13.4. The van der Waals surface area contributed by atoms with Crippen molar-refractivity contribution in [3.8, 4) is 0 Å². The zero-order valence-electron chi connectivity index (χ0n) is 13.5. The highest BCUT2D eigenvalue weighted by Crippen LogP contribution is 2.50. The van der Waals surface area contributed by atoms with Gasteiger partial charge in [0.15, 0.2) is 8.32 Å². The SMILES string of the molecule is C[Si](C)(C)OP(=O)(CN1CCOCC1)CN1CCOCC1. The summed E-state index contributed by atoms with van der Waals surface area (Å²) in [6.07, 6.45) is 1.11. The van der Waals surface area contributed by atoms with E-state index in [1.54, 1.807) is 0 Å². The molecule has 0 spiro atoms. The fourth-order valence-electron chi connectivity index (χ4n) is 2.70. The van der Waals surface area contributed by atoms with Crippen molar-refractivity contribution in [2.24, 2.45) is 0 Å². The molecule has 0 aromatic carbocycles. The number of rotatable bonds is 6. The lowest BCUT2D eigenvalue weighted by molar-refractivity contribution is 0.0406. The van der Waals surface area contributed by atoms with Gasteiger partial charge in [0.05, 0.1) is 39.0 Å². The summed E-state index contributed by atoms with van der Waals surface area (Å²) >= 11 is 0. The second kappa shape index (κ2) is 7.68. The van der Waals surface area contributed by atoms with Gasteiger partial charge < -0.3 is 13.7 Å². The van der Waals surface area contributed by atoms with E-state index in [0.717, 1.165) is 52.6 Å². The Morgan fingerprint density at radius 1 is 0.905 bits per heavy atom. The first kappa shape index (κ1) is 17.6. The first-order valence-electron chi connectivity index (χ1n) is 7.75. The minimum absolute atomic E-state index is 0.554. The van der Waals surface area contributed by atoms with E-state index in [9.17, 15) is 4.57 Å². The molecule has 0 aromatic heterocycles. The molecule has 0 N–H and O–H groups in total. The third-order valence-corrected chi connectivity index (χ3v) is 8.66. The van der Waals surface area contributed by atoms with E-state index < -0.39 is 15.7 Å². The molecule has 2 heterocycles. The summed E-state index contributed by atoms with van der Waals surface area (Å²) < 4.78 is 30.3. The molecule has 0 radical (unpaired) electrons. The van der Waals surface area contributed by atoms with Crippen molar-refractivity contribution >= 4 is 15.7 Å². The van der Waals surface area contributed by atoms with Crippen molar-refractivity contribution in [2.75, 3.05) is 65.2 Å². The van der Waals surface area contributed by atoms with Crippen LogP contribution in [-0.4, -0.2) is 83.3 Å². The number of hydrogen-bond donors (Lipinski definition) is 0. The fourth-order valence-corrected chi connectivity index (χ4v) is 9.02. The van der Waals surface area contributed by atoms with Crippen LogP contribution >= 0.6 is 7.37 Å².